The van der Waals surface area contributed by atoms with Crippen molar-refractivity contribution >= 4 is 0 Å². The van der Waals surface area contributed by atoms with Gasteiger partial charge in [0.15, 0.2) is 0 Å². The zero-order chi connectivity index (χ0) is 17.9. The molecule has 2 aliphatic rings. The lowest BCUT2D eigenvalue weighted by molar-refractivity contribution is -0.104. The molecule has 0 bridgehead atoms. The van der Waals surface area contributed by atoms with E-state index in [9.17, 15) is 0 Å². The van der Waals surface area contributed by atoms with Crippen LogP contribution in [0.15, 0.2) is 40.9 Å². The van der Waals surface area contributed by atoms with Gasteiger partial charge in [0.25, 0.3) is 0 Å². The summed E-state index contributed by atoms with van der Waals surface area (Å²) in [6.07, 6.45) is 10.2. The number of hydrogen-bond donors (Lipinski definition) is 1. The van der Waals surface area contributed by atoms with Crippen LogP contribution in [-0.2, 0) is 16.7 Å². The third-order valence-corrected chi connectivity index (χ3v) is 6.25. The van der Waals surface area contributed by atoms with Gasteiger partial charge >= 0.3 is 0 Å². The summed E-state index contributed by atoms with van der Waals surface area (Å²) in [5.41, 5.74) is 1.45. The second kappa shape index (κ2) is 7.53. The van der Waals surface area contributed by atoms with E-state index in [-0.39, 0.29) is 11.0 Å². The summed E-state index contributed by atoms with van der Waals surface area (Å²) in [6.45, 7) is 4.59. The molecular weight excluding hydrogens is 324 g/mol. The van der Waals surface area contributed by atoms with Crippen LogP contribution >= 0.6 is 0 Å². The van der Waals surface area contributed by atoms with Crippen LogP contribution in [0.25, 0.3) is 0 Å². The third-order valence-electron chi connectivity index (χ3n) is 6.25. The molecule has 1 saturated heterocycles. The summed E-state index contributed by atoms with van der Waals surface area (Å²) in [5.74, 6) is 1.98. The van der Waals surface area contributed by atoms with E-state index in [1.807, 2.05) is 25.3 Å². The van der Waals surface area contributed by atoms with Gasteiger partial charge in [-0.25, -0.2) is 0 Å². The van der Waals surface area contributed by atoms with E-state index in [1.165, 1.54) is 31.4 Å². The molecule has 26 heavy (non-hydrogen) atoms. The minimum Gasteiger partial charge on any atom is -0.465 e. The second-order valence-electron chi connectivity index (χ2n) is 8.10. The average Bonchev–Trinajstić information content (AvgIpc) is 3.29. The molecule has 1 atom stereocenters. The number of hydrogen-bond acceptors (Lipinski definition) is 4. The SMILES string of the molecule is Cc1ccc(CNCC[C@@]2(c3ccccn3)CCOC3(CCCC3)C2)o1. The summed E-state index contributed by atoms with van der Waals surface area (Å²) in [6, 6.07) is 10.4. The lowest BCUT2D eigenvalue weighted by Gasteiger charge is -2.46. The van der Waals surface area contributed by atoms with Gasteiger partial charge in [0.2, 0.25) is 0 Å². The van der Waals surface area contributed by atoms with E-state index in [2.05, 4.69) is 23.5 Å². The fourth-order valence-electron chi connectivity index (χ4n) is 4.92. The van der Waals surface area contributed by atoms with Gasteiger partial charge in [0, 0.05) is 23.9 Å². The molecule has 1 saturated carbocycles. The van der Waals surface area contributed by atoms with Gasteiger partial charge < -0.3 is 14.5 Å². The molecule has 1 aliphatic carbocycles. The van der Waals surface area contributed by atoms with Crippen molar-refractivity contribution in [1.29, 1.82) is 0 Å². The molecule has 1 aliphatic heterocycles. The first-order valence-electron chi connectivity index (χ1n) is 10.0. The number of ether oxygens (including phenoxy) is 1. The number of nitrogens with zero attached hydrogens (tertiary/aromatic N) is 1. The summed E-state index contributed by atoms with van der Waals surface area (Å²) >= 11 is 0. The van der Waals surface area contributed by atoms with E-state index in [0.717, 1.165) is 50.5 Å². The standard InChI is InChI=1S/C22H30N2O2/c1-18-7-8-19(26-18)16-23-14-11-21(20-6-2-5-13-24-20)12-15-25-22(17-21)9-3-4-10-22/h2,5-8,13,23H,3-4,9-12,14-17H2,1H3/t21-/m1/s1. The molecule has 0 amide bonds. The maximum Gasteiger partial charge on any atom is 0.117 e. The summed E-state index contributed by atoms with van der Waals surface area (Å²) in [7, 11) is 0. The molecule has 0 unspecified atom stereocenters. The van der Waals surface area contributed by atoms with Crippen LogP contribution in [-0.4, -0.2) is 23.7 Å². The Morgan fingerprint density at radius 3 is 2.73 bits per heavy atom. The molecule has 2 fully saturated rings. The molecule has 1 spiro atoms. The van der Waals surface area contributed by atoms with Crippen LogP contribution in [0.4, 0.5) is 0 Å². The largest absolute Gasteiger partial charge is 0.465 e. The lowest BCUT2D eigenvalue weighted by atomic mass is 9.68. The van der Waals surface area contributed by atoms with Gasteiger partial charge in [0.05, 0.1) is 12.1 Å². The third kappa shape index (κ3) is 3.72. The Hall–Kier alpha value is -1.65. The number of pyridine rings is 1. The van der Waals surface area contributed by atoms with Gasteiger partial charge in [-0.3, -0.25) is 4.98 Å². The Kier molecular flexibility index (Phi) is 5.14. The number of nitrogens with one attached hydrogen (secondary N) is 1. The van der Waals surface area contributed by atoms with Crippen molar-refractivity contribution in [3.05, 3.63) is 53.7 Å². The zero-order valence-corrected chi connectivity index (χ0v) is 15.8. The fraction of sp³-hybridized carbons (Fsp3) is 0.591. The highest BCUT2D eigenvalue weighted by Crippen LogP contribution is 2.49. The van der Waals surface area contributed by atoms with E-state index in [0.29, 0.717) is 0 Å². The maximum atomic E-state index is 6.32. The quantitative estimate of drug-likeness (QED) is 0.775. The molecule has 0 radical (unpaired) electrons. The molecule has 1 N–H and O–H groups in total. The van der Waals surface area contributed by atoms with Crippen LogP contribution < -0.4 is 5.32 Å². The molecule has 4 nitrogen and oxygen atoms in total. The highest BCUT2D eigenvalue weighted by atomic mass is 16.5. The highest BCUT2D eigenvalue weighted by Gasteiger charge is 2.48. The van der Waals surface area contributed by atoms with E-state index in [1.54, 1.807) is 0 Å². The normalized spacial score (nSPS) is 25.0. The van der Waals surface area contributed by atoms with Gasteiger partial charge in [-0.2, -0.15) is 0 Å². The molecule has 3 heterocycles. The Morgan fingerprint density at radius 1 is 1.12 bits per heavy atom. The summed E-state index contributed by atoms with van der Waals surface area (Å²) in [5, 5.41) is 3.57. The molecule has 4 rings (SSSR count). The van der Waals surface area contributed by atoms with E-state index >= 15 is 0 Å². The fourth-order valence-corrected chi connectivity index (χ4v) is 4.92. The van der Waals surface area contributed by atoms with Crippen LogP contribution in [0.1, 0.15) is 62.2 Å². The first kappa shape index (κ1) is 17.7. The molecular formula is C22H30N2O2. The average molecular weight is 354 g/mol. The first-order chi connectivity index (χ1) is 12.7. The van der Waals surface area contributed by atoms with Crippen molar-refractivity contribution in [2.75, 3.05) is 13.2 Å². The van der Waals surface area contributed by atoms with Crippen molar-refractivity contribution in [3.63, 3.8) is 0 Å². The summed E-state index contributed by atoms with van der Waals surface area (Å²) in [4.78, 5) is 4.77. The van der Waals surface area contributed by atoms with Crippen LogP contribution in [0.3, 0.4) is 0 Å². The number of aryl methyl sites for hydroxylation is 1. The predicted octanol–water partition coefficient (Wildman–Crippen LogP) is 4.52. The van der Waals surface area contributed by atoms with Crippen LogP contribution in [0.5, 0.6) is 0 Å². The second-order valence-corrected chi connectivity index (χ2v) is 8.10. The van der Waals surface area contributed by atoms with Crippen LogP contribution in [0.2, 0.25) is 0 Å². The molecule has 2 aromatic rings. The van der Waals surface area contributed by atoms with Crippen molar-refractivity contribution in [2.45, 2.75) is 69.4 Å². The monoisotopic (exact) mass is 354 g/mol. The van der Waals surface area contributed by atoms with Gasteiger partial charge in [-0.05, 0) is 69.8 Å². The maximum absolute atomic E-state index is 6.32. The van der Waals surface area contributed by atoms with Crippen molar-refractivity contribution in [1.82, 2.24) is 10.3 Å². The van der Waals surface area contributed by atoms with Crippen molar-refractivity contribution in [3.8, 4) is 0 Å². The number of aromatic nitrogens is 1. The Bertz CT molecular complexity index is 706. The van der Waals surface area contributed by atoms with Gasteiger partial charge in [0.1, 0.15) is 11.5 Å². The smallest absolute Gasteiger partial charge is 0.117 e. The van der Waals surface area contributed by atoms with E-state index < -0.39 is 0 Å². The molecule has 140 valence electrons. The molecule has 4 heteroatoms. The highest BCUT2D eigenvalue weighted by molar-refractivity contribution is 5.20. The number of furan rings is 1. The van der Waals surface area contributed by atoms with Gasteiger partial charge in [-0.15, -0.1) is 0 Å². The van der Waals surface area contributed by atoms with Crippen molar-refractivity contribution in [2.24, 2.45) is 0 Å². The summed E-state index contributed by atoms with van der Waals surface area (Å²) < 4.78 is 12.0. The minimum atomic E-state index is 0.0912. The van der Waals surface area contributed by atoms with Gasteiger partial charge in [-0.1, -0.05) is 18.9 Å². The topological polar surface area (TPSA) is 47.3 Å². The first-order valence-corrected chi connectivity index (χ1v) is 10.0. The number of rotatable bonds is 6. The Morgan fingerprint density at radius 2 is 2.00 bits per heavy atom. The minimum absolute atomic E-state index is 0.0912. The van der Waals surface area contributed by atoms with Crippen molar-refractivity contribution < 1.29 is 9.15 Å². The molecule has 2 aromatic heterocycles. The zero-order valence-electron chi connectivity index (χ0n) is 15.8. The Labute approximate surface area is 156 Å². The molecule has 0 aromatic carbocycles. The Balaban J connectivity index is 1.46. The lowest BCUT2D eigenvalue weighted by Crippen LogP contribution is -2.47. The van der Waals surface area contributed by atoms with Crippen LogP contribution in [0, 0.1) is 6.92 Å². The van der Waals surface area contributed by atoms with E-state index in [4.69, 9.17) is 14.1 Å². The predicted molar refractivity (Wildman–Crippen MR) is 102 cm³/mol.